The van der Waals surface area contributed by atoms with E-state index in [1.54, 1.807) is 0 Å². The Morgan fingerprint density at radius 1 is 0.774 bits per heavy atom. The predicted molar refractivity (Wildman–Crippen MR) is 128 cm³/mol. The molecule has 6 nitrogen and oxygen atoms in total. The molecule has 31 heavy (non-hydrogen) atoms. The number of aryl methyl sites for hydroxylation is 3. The van der Waals surface area contributed by atoms with Gasteiger partial charge >= 0.3 is 0 Å². The van der Waals surface area contributed by atoms with Crippen LogP contribution in [0.15, 0.2) is 66.0 Å². The first-order chi connectivity index (χ1) is 14.9. The van der Waals surface area contributed by atoms with Crippen LogP contribution in [0, 0.1) is 20.8 Å². The molecule has 0 fully saturated rings. The number of anilines is 5. The molecule has 2 aromatic carbocycles. The lowest BCUT2D eigenvalue weighted by atomic mass is 10.2. The number of aromatic nitrogens is 2. The lowest BCUT2D eigenvalue weighted by Gasteiger charge is -2.11. The van der Waals surface area contributed by atoms with Crippen LogP contribution < -0.4 is 16.0 Å². The second-order valence-electron chi connectivity index (χ2n) is 7.35. The van der Waals surface area contributed by atoms with Crippen molar-refractivity contribution < 1.29 is 4.79 Å². The first-order valence-electron chi connectivity index (χ1n) is 9.87. The van der Waals surface area contributed by atoms with Crippen molar-refractivity contribution in [2.45, 2.75) is 20.8 Å². The molecule has 1 amide bonds. The molecular formula is C24H23N5OS. The number of rotatable bonds is 6. The maximum atomic E-state index is 12.3. The predicted octanol–water partition coefficient (Wildman–Crippen LogP) is 6.20. The summed E-state index contributed by atoms with van der Waals surface area (Å²) in [6.07, 6.45) is 0. The lowest BCUT2D eigenvalue weighted by Crippen LogP contribution is -2.10. The second kappa shape index (κ2) is 8.97. The third kappa shape index (κ3) is 5.46. The third-order valence-corrected chi connectivity index (χ3v) is 5.58. The van der Waals surface area contributed by atoms with E-state index in [0.29, 0.717) is 16.6 Å². The summed E-state index contributed by atoms with van der Waals surface area (Å²) in [7, 11) is 0. The summed E-state index contributed by atoms with van der Waals surface area (Å²) in [6, 6.07) is 19.4. The SMILES string of the molecule is Cc1ccc(Nc2cc(C)nc(Nc3ccc(NC(=O)c4cc(C)cs4)cc3)n2)cc1. The standard InChI is InChI=1S/C24H23N5OS/c1-15-4-6-18(7-5-15)26-22-13-17(3)25-24(29-22)28-20-10-8-19(9-11-20)27-23(30)21-12-16(2)14-31-21/h4-14H,1-3H3,(H,27,30)(H2,25,26,28,29). The van der Waals surface area contributed by atoms with Gasteiger partial charge in [0.25, 0.3) is 5.91 Å². The topological polar surface area (TPSA) is 78.9 Å². The van der Waals surface area contributed by atoms with Gasteiger partial charge in [-0.05, 0) is 74.2 Å². The van der Waals surface area contributed by atoms with Gasteiger partial charge in [-0.3, -0.25) is 4.79 Å². The van der Waals surface area contributed by atoms with Crippen molar-refractivity contribution in [2.24, 2.45) is 0 Å². The van der Waals surface area contributed by atoms with Crippen LogP contribution in [0.3, 0.4) is 0 Å². The van der Waals surface area contributed by atoms with E-state index < -0.39 is 0 Å². The summed E-state index contributed by atoms with van der Waals surface area (Å²) >= 11 is 1.44. The van der Waals surface area contributed by atoms with Crippen molar-refractivity contribution in [1.29, 1.82) is 0 Å². The monoisotopic (exact) mass is 429 g/mol. The maximum Gasteiger partial charge on any atom is 0.265 e. The Labute approximate surface area is 185 Å². The van der Waals surface area contributed by atoms with Gasteiger partial charge in [0.1, 0.15) is 5.82 Å². The molecule has 0 aliphatic heterocycles. The number of nitrogens with one attached hydrogen (secondary N) is 3. The summed E-state index contributed by atoms with van der Waals surface area (Å²) in [4.78, 5) is 22.0. The van der Waals surface area contributed by atoms with Gasteiger partial charge in [0.15, 0.2) is 0 Å². The number of carbonyl (C=O) groups is 1. The van der Waals surface area contributed by atoms with Crippen LogP contribution >= 0.6 is 11.3 Å². The average molecular weight is 430 g/mol. The minimum absolute atomic E-state index is 0.104. The quantitative estimate of drug-likeness (QED) is 0.340. The minimum Gasteiger partial charge on any atom is -0.340 e. The van der Waals surface area contributed by atoms with Crippen molar-refractivity contribution in [3.8, 4) is 0 Å². The fraction of sp³-hybridized carbons (Fsp3) is 0.125. The molecule has 156 valence electrons. The van der Waals surface area contributed by atoms with E-state index >= 15 is 0 Å². The highest BCUT2D eigenvalue weighted by atomic mass is 32.1. The van der Waals surface area contributed by atoms with Gasteiger partial charge in [0.05, 0.1) is 4.88 Å². The highest BCUT2D eigenvalue weighted by Gasteiger charge is 2.09. The van der Waals surface area contributed by atoms with Crippen LogP contribution in [0.5, 0.6) is 0 Å². The average Bonchev–Trinajstić information content (AvgIpc) is 3.17. The Bertz CT molecular complexity index is 1200. The molecule has 4 rings (SSSR count). The smallest absolute Gasteiger partial charge is 0.265 e. The Morgan fingerprint density at radius 3 is 2.10 bits per heavy atom. The van der Waals surface area contributed by atoms with E-state index in [4.69, 9.17) is 0 Å². The zero-order valence-corrected chi connectivity index (χ0v) is 18.4. The van der Waals surface area contributed by atoms with E-state index in [0.717, 1.165) is 28.3 Å². The summed E-state index contributed by atoms with van der Waals surface area (Å²) < 4.78 is 0. The van der Waals surface area contributed by atoms with Crippen molar-refractivity contribution in [3.63, 3.8) is 0 Å². The fourth-order valence-corrected chi connectivity index (χ4v) is 3.78. The molecule has 0 radical (unpaired) electrons. The molecule has 0 saturated heterocycles. The van der Waals surface area contributed by atoms with E-state index in [2.05, 4.69) is 45.0 Å². The van der Waals surface area contributed by atoms with Crippen LogP contribution in [0.1, 0.15) is 26.5 Å². The van der Waals surface area contributed by atoms with Crippen molar-refractivity contribution in [2.75, 3.05) is 16.0 Å². The van der Waals surface area contributed by atoms with Gasteiger partial charge in [0.2, 0.25) is 5.95 Å². The molecule has 0 saturated carbocycles. The van der Waals surface area contributed by atoms with Gasteiger partial charge in [-0.1, -0.05) is 17.7 Å². The van der Waals surface area contributed by atoms with Crippen molar-refractivity contribution in [3.05, 3.63) is 87.7 Å². The Hall–Kier alpha value is -3.71. The highest BCUT2D eigenvalue weighted by Crippen LogP contribution is 2.22. The minimum atomic E-state index is -0.104. The molecule has 0 aliphatic rings. The summed E-state index contributed by atoms with van der Waals surface area (Å²) in [6.45, 7) is 5.96. The molecule has 0 aliphatic carbocycles. The zero-order valence-electron chi connectivity index (χ0n) is 17.6. The number of thiophene rings is 1. The number of hydrogen-bond donors (Lipinski definition) is 3. The second-order valence-corrected chi connectivity index (χ2v) is 8.27. The number of nitrogens with zero attached hydrogens (tertiary/aromatic N) is 2. The highest BCUT2D eigenvalue weighted by molar-refractivity contribution is 7.12. The first kappa shape index (κ1) is 20.6. The van der Waals surface area contributed by atoms with Crippen molar-refractivity contribution in [1.82, 2.24) is 9.97 Å². The Balaban J connectivity index is 1.43. The summed E-state index contributed by atoms with van der Waals surface area (Å²) in [5.41, 5.74) is 5.67. The third-order valence-electron chi connectivity index (χ3n) is 4.53. The van der Waals surface area contributed by atoms with E-state index in [9.17, 15) is 4.79 Å². The van der Waals surface area contributed by atoms with Crippen LogP contribution in [0.25, 0.3) is 0 Å². The Kier molecular flexibility index (Phi) is 5.95. The van der Waals surface area contributed by atoms with Crippen LogP contribution in [-0.4, -0.2) is 15.9 Å². The molecule has 2 aromatic heterocycles. The molecule has 7 heteroatoms. The van der Waals surface area contributed by atoms with Crippen LogP contribution in [0.4, 0.5) is 28.8 Å². The van der Waals surface area contributed by atoms with Gasteiger partial charge in [-0.15, -0.1) is 11.3 Å². The number of amides is 1. The summed E-state index contributed by atoms with van der Waals surface area (Å²) in [5, 5.41) is 11.4. The first-order valence-corrected chi connectivity index (χ1v) is 10.8. The number of hydrogen-bond acceptors (Lipinski definition) is 6. The fourth-order valence-electron chi connectivity index (χ4n) is 2.98. The number of benzene rings is 2. The van der Waals surface area contributed by atoms with E-state index in [1.807, 2.05) is 67.8 Å². The van der Waals surface area contributed by atoms with E-state index in [-0.39, 0.29) is 5.91 Å². The molecule has 0 unspecified atom stereocenters. The largest absolute Gasteiger partial charge is 0.340 e. The normalized spacial score (nSPS) is 10.5. The van der Waals surface area contributed by atoms with E-state index in [1.165, 1.54) is 16.9 Å². The van der Waals surface area contributed by atoms with Gasteiger partial charge < -0.3 is 16.0 Å². The van der Waals surface area contributed by atoms with Crippen molar-refractivity contribution >= 4 is 46.1 Å². The molecule has 0 bridgehead atoms. The zero-order chi connectivity index (χ0) is 21.8. The van der Waals surface area contributed by atoms with Gasteiger partial charge in [0, 0.05) is 28.8 Å². The van der Waals surface area contributed by atoms with Gasteiger partial charge in [-0.25, -0.2) is 4.98 Å². The lowest BCUT2D eigenvalue weighted by molar-refractivity contribution is 0.103. The van der Waals surface area contributed by atoms with Gasteiger partial charge in [-0.2, -0.15) is 4.98 Å². The molecule has 0 spiro atoms. The number of carbonyl (C=O) groups excluding carboxylic acids is 1. The summed E-state index contributed by atoms with van der Waals surface area (Å²) in [5.74, 6) is 1.11. The van der Waals surface area contributed by atoms with Crippen LogP contribution in [0.2, 0.25) is 0 Å². The molecule has 2 heterocycles. The molecule has 4 aromatic rings. The molecular weight excluding hydrogens is 406 g/mol. The Morgan fingerprint density at radius 2 is 1.42 bits per heavy atom. The molecule has 3 N–H and O–H groups in total. The molecule has 0 atom stereocenters. The van der Waals surface area contributed by atoms with Crippen LogP contribution in [-0.2, 0) is 0 Å². The maximum absolute atomic E-state index is 12.3.